The molecule has 0 radical (unpaired) electrons. The topological polar surface area (TPSA) is 39.2 Å². The number of esters is 1. The van der Waals surface area contributed by atoms with Gasteiger partial charge in [0.15, 0.2) is 0 Å². The molecule has 3 nitrogen and oxygen atoms in total. The summed E-state index contributed by atoms with van der Waals surface area (Å²) in [6.07, 6.45) is 0. The number of nitrogens with zero attached hydrogens (tertiary/aromatic N) is 1. The van der Waals surface area contributed by atoms with Crippen LogP contribution in [0.25, 0.3) is 10.2 Å². The van der Waals surface area contributed by atoms with E-state index >= 15 is 0 Å². The molecular formula is C13H7Br2NO2S2. The van der Waals surface area contributed by atoms with Crippen LogP contribution in [0.5, 0.6) is 0 Å². The van der Waals surface area contributed by atoms with Crippen molar-refractivity contribution in [2.75, 3.05) is 0 Å². The van der Waals surface area contributed by atoms with E-state index in [4.69, 9.17) is 4.74 Å². The predicted molar refractivity (Wildman–Crippen MR) is 88.5 cm³/mol. The molecule has 0 amide bonds. The highest BCUT2D eigenvalue weighted by Crippen LogP contribution is 2.33. The van der Waals surface area contributed by atoms with Gasteiger partial charge in [-0.1, -0.05) is 12.1 Å². The summed E-state index contributed by atoms with van der Waals surface area (Å²) >= 11 is 9.59. The number of ether oxygens (including phenoxy) is 1. The maximum absolute atomic E-state index is 11.9. The third-order valence-corrected chi connectivity index (χ3v) is 6.76. The van der Waals surface area contributed by atoms with Gasteiger partial charge >= 0.3 is 5.97 Å². The highest BCUT2D eigenvalue weighted by Gasteiger charge is 2.14. The molecule has 7 heteroatoms. The highest BCUT2D eigenvalue weighted by molar-refractivity contribution is 9.13. The van der Waals surface area contributed by atoms with Crippen molar-refractivity contribution in [1.82, 2.24) is 4.98 Å². The zero-order valence-electron chi connectivity index (χ0n) is 9.93. The van der Waals surface area contributed by atoms with E-state index in [9.17, 15) is 4.79 Å². The van der Waals surface area contributed by atoms with Crippen molar-refractivity contribution < 1.29 is 9.53 Å². The number of hydrogen-bond donors (Lipinski definition) is 0. The van der Waals surface area contributed by atoms with Crippen molar-refractivity contribution in [3.63, 3.8) is 0 Å². The Morgan fingerprint density at radius 2 is 2.05 bits per heavy atom. The molecule has 102 valence electrons. The number of carbonyl (C=O) groups is 1. The third-order valence-electron chi connectivity index (χ3n) is 2.51. The first-order valence-corrected chi connectivity index (χ1v) is 8.82. The normalized spacial score (nSPS) is 10.9. The first-order valence-electron chi connectivity index (χ1n) is 5.60. The zero-order chi connectivity index (χ0) is 14.1. The highest BCUT2D eigenvalue weighted by atomic mass is 79.9. The van der Waals surface area contributed by atoms with Gasteiger partial charge in [0.1, 0.15) is 16.5 Å². The Hall–Kier alpha value is -0.760. The van der Waals surface area contributed by atoms with Crippen molar-refractivity contribution in [3.8, 4) is 0 Å². The maximum atomic E-state index is 11.9. The van der Waals surface area contributed by atoms with Crippen molar-refractivity contribution >= 4 is 70.7 Å². The first kappa shape index (κ1) is 14.2. The largest absolute Gasteiger partial charge is 0.454 e. The van der Waals surface area contributed by atoms with Gasteiger partial charge in [-0.05, 0) is 50.1 Å². The molecule has 0 aliphatic heterocycles. The fourth-order valence-corrected chi connectivity index (χ4v) is 4.44. The Morgan fingerprint density at radius 3 is 2.75 bits per heavy atom. The van der Waals surface area contributed by atoms with Gasteiger partial charge in [-0.3, -0.25) is 0 Å². The quantitative estimate of drug-likeness (QED) is 0.531. The van der Waals surface area contributed by atoms with Crippen molar-refractivity contribution in [2.24, 2.45) is 0 Å². The Bertz CT molecular complexity index is 729. The van der Waals surface area contributed by atoms with Crippen LogP contribution in [-0.4, -0.2) is 11.0 Å². The number of thiazole rings is 1. The summed E-state index contributed by atoms with van der Waals surface area (Å²) in [5, 5.41) is 0.800. The summed E-state index contributed by atoms with van der Waals surface area (Å²) in [5.74, 6) is -0.333. The van der Waals surface area contributed by atoms with Gasteiger partial charge in [0.25, 0.3) is 0 Å². The van der Waals surface area contributed by atoms with Crippen LogP contribution in [0.4, 0.5) is 0 Å². The van der Waals surface area contributed by atoms with Crippen LogP contribution in [0, 0.1) is 0 Å². The van der Waals surface area contributed by atoms with E-state index in [1.165, 1.54) is 22.7 Å². The summed E-state index contributed by atoms with van der Waals surface area (Å²) in [4.78, 5) is 16.9. The van der Waals surface area contributed by atoms with Crippen LogP contribution in [0.2, 0.25) is 0 Å². The maximum Gasteiger partial charge on any atom is 0.348 e. The van der Waals surface area contributed by atoms with Gasteiger partial charge in [-0.25, -0.2) is 9.78 Å². The van der Waals surface area contributed by atoms with Gasteiger partial charge in [-0.15, -0.1) is 22.7 Å². The second kappa shape index (κ2) is 5.93. The lowest BCUT2D eigenvalue weighted by atomic mass is 10.3. The fourth-order valence-electron chi connectivity index (χ4n) is 1.63. The molecule has 0 atom stereocenters. The lowest BCUT2D eigenvalue weighted by Gasteiger charge is -1.99. The van der Waals surface area contributed by atoms with Gasteiger partial charge in [0.05, 0.1) is 14.0 Å². The number of benzene rings is 1. The number of rotatable bonds is 3. The second-order valence-electron chi connectivity index (χ2n) is 3.88. The first-order chi connectivity index (χ1) is 9.63. The summed E-state index contributed by atoms with van der Waals surface area (Å²) in [5.41, 5.74) is 0.935. The van der Waals surface area contributed by atoms with Crippen molar-refractivity contribution in [2.45, 2.75) is 6.61 Å². The Balaban J connectivity index is 1.71. The van der Waals surface area contributed by atoms with Gasteiger partial charge in [-0.2, -0.15) is 0 Å². The van der Waals surface area contributed by atoms with E-state index < -0.39 is 0 Å². The van der Waals surface area contributed by atoms with Crippen LogP contribution in [0.15, 0.2) is 38.6 Å². The van der Waals surface area contributed by atoms with Crippen LogP contribution in [-0.2, 0) is 11.3 Å². The molecule has 2 heterocycles. The summed E-state index contributed by atoms with van der Waals surface area (Å²) in [6, 6.07) is 9.61. The molecule has 0 aliphatic carbocycles. The fraction of sp³-hybridized carbons (Fsp3) is 0.0769. The van der Waals surface area contributed by atoms with Crippen molar-refractivity contribution in [1.29, 1.82) is 0 Å². The average Bonchev–Trinajstić information content (AvgIpc) is 3.00. The average molecular weight is 433 g/mol. The number of hydrogen-bond acceptors (Lipinski definition) is 5. The third kappa shape index (κ3) is 2.95. The minimum atomic E-state index is -0.333. The Kier molecular flexibility index (Phi) is 4.21. The monoisotopic (exact) mass is 431 g/mol. The van der Waals surface area contributed by atoms with Crippen LogP contribution < -0.4 is 0 Å². The minimum Gasteiger partial charge on any atom is -0.454 e. The number of fused-ring (bicyclic) bond motifs is 1. The molecule has 3 aromatic rings. The smallest absolute Gasteiger partial charge is 0.348 e. The van der Waals surface area contributed by atoms with E-state index in [-0.39, 0.29) is 12.6 Å². The molecule has 0 saturated carbocycles. The molecule has 0 fully saturated rings. The number of aromatic nitrogens is 1. The van der Waals surface area contributed by atoms with Gasteiger partial charge in [0, 0.05) is 4.47 Å². The molecule has 0 bridgehead atoms. The van der Waals surface area contributed by atoms with E-state index in [0.717, 1.165) is 23.5 Å². The molecule has 1 aromatic carbocycles. The molecular weight excluding hydrogens is 426 g/mol. The SMILES string of the molecule is O=C(OCc1nc2ccccc2s1)c1cc(Br)c(Br)s1. The molecule has 0 spiro atoms. The molecule has 20 heavy (non-hydrogen) atoms. The Morgan fingerprint density at radius 1 is 1.25 bits per heavy atom. The number of thiophene rings is 1. The molecule has 0 unspecified atom stereocenters. The molecule has 2 aromatic heterocycles. The summed E-state index contributed by atoms with van der Waals surface area (Å²) in [7, 11) is 0. The van der Waals surface area contributed by atoms with Gasteiger partial charge in [0.2, 0.25) is 0 Å². The van der Waals surface area contributed by atoms with Crippen LogP contribution in [0.1, 0.15) is 14.7 Å². The summed E-state index contributed by atoms with van der Waals surface area (Å²) in [6.45, 7) is 0.200. The van der Waals surface area contributed by atoms with E-state index in [2.05, 4.69) is 36.8 Å². The predicted octanol–water partition coefficient (Wildman–Crippen LogP) is 5.24. The van der Waals surface area contributed by atoms with Crippen LogP contribution in [0.3, 0.4) is 0 Å². The molecule has 0 saturated heterocycles. The van der Waals surface area contributed by atoms with E-state index in [1.54, 1.807) is 6.07 Å². The number of halogens is 2. The molecule has 0 N–H and O–H groups in total. The number of para-hydroxylation sites is 1. The van der Waals surface area contributed by atoms with Crippen molar-refractivity contribution in [3.05, 3.63) is 48.5 Å². The standard InChI is InChI=1S/C13H7Br2NO2S2/c14-7-5-10(20-12(7)15)13(17)18-6-11-16-8-3-1-2-4-9(8)19-11/h1-5H,6H2. The van der Waals surface area contributed by atoms with E-state index in [1.807, 2.05) is 24.3 Å². The Labute approximate surface area is 139 Å². The zero-order valence-corrected chi connectivity index (χ0v) is 14.7. The lowest BCUT2D eigenvalue weighted by Crippen LogP contribution is -2.02. The lowest BCUT2D eigenvalue weighted by molar-refractivity contribution is 0.0478. The van der Waals surface area contributed by atoms with E-state index in [0.29, 0.717) is 4.88 Å². The molecule has 3 rings (SSSR count). The second-order valence-corrected chi connectivity index (χ2v) is 8.22. The minimum absolute atomic E-state index is 0.200. The van der Waals surface area contributed by atoms with Gasteiger partial charge < -0.3 is 4.74 Å². The summed E-state index contributed by atoms with van der Waals surface area (Å²) < 4.78 is 8.12. The molecule has 0 aliphatic rings. The van der Waals surface area contributed by atoms with Crippen LogP contribution >= 0.6 is 54.5 Å². The number of carbonyl (C=O) groups excluding carboxylic acids is 1.